The quantitative estimate of drug-likeness (QED) is 0.485. The average molecular weight is 251 g/mol. The molecule has 1 aliphatic rings. The number of ether oxygens (including phenoxy) is 2. The van der Waals surface area contributed by atoms with Crippen molar-refractivity contribution in [2.24, 2.45) is 0 Å². The summed E-state index contributed by atoms with van der Waals surface area (Å²) in [5.41, 5.74) is 5.99. The van der Waals surface area contributed by atoms with Crippen LogP contribution in [0.2, 0.25) is 0 Å². The second-order valence-electron chi connectivity index (χ2n) is 4.36. The lowest BCUT2D eigenvalue weighted by atomic mass is 10.1. The molecule has 1 heterocycles. The van der Waals surface area contributed by atoms with Crippen molar-refractivity contribution < 1.29 is 19.4 Å². The molecule has 0 spiro atoms. The molecule has 18 heavy (non-hydrogen) atoms. The van der Waals surface area contributed by atoms with Gasteiger partial charge in [-0.15, -0.1) is 0 Å². The van der Waals surface area contributed by atoms with E-state index < -0.39 is 5.97 Å². The Morgan fingerprint density at radius 1 is 1.50 bits per heavy atom. The first-order chi connectivity index (χ1) is 8.66. The van der Waals surface area contributed by atoms with Crippen molar-refractivity contribution in [3.8, 4) is 5.75 Å². The van der Waals surface area contributed by atoms with Crippen LogP contribution >= 0.6 is 0 Å². The number of nitrogen functional groups attached to an aromatic ring is 1. The third-order valence-electron chi connectivity index (χ3n) is 2.94. The van der Waals surface area contributed by atoms with Crippen LogP contribution in [0.5, 0.6) is 5.75 Å². The number of rotatable bonds is 3. The maximum atomic E-state index is 11.7. The van der Waals surface area contributed by atoms with E-state index in [9.17, 15) is 9.90 Å². The fourth-order valence-electron chi connectivity index (χ4n) is 1.86. The van der Waals surface area contributed by atoms with Crippen molar-refractivity contribution >= 4 is 11.7 Å². The Morgan fingerprint density at radius 3 is 3.00 bits per heavy atom. The van der Waals surface area contributed by atoms with Gasteiger partial charge in [-0.25, -0.2) is 4.79 Å². The van der Waals surface area contributed by atoms with Crippen LogP contribution in [0.15, 0.2) is 18.2 Å². The highest BCUT2D eigenvalue weighted by Gasteiger charge is 2.17. The number of phenolic OH excluding ortho intramolecular Hbond substituents is 1. The number of phenols is 1. The van der Waals surface area contributed by atoms with E-state index in [2.05, 4.69) is 0 Å². The first-order valence-electron chi connectivity index (χ1n) is 6.04. The molecule has 0 radical (unpaired) electrons. The number of carbonyl (C=O) groups excluding carboxylic acids is 1. The van der Waals surface area contributed by atoms with E-state index in [4.69, 9.17) is 15.2 Å². The predicted octanol–water partition coefficient (Wildman–Crippen LogP) is 1.70. The van der Waals surface area contributed by atoms with Gasteiger partial charge in [0.25, 0.3) is 0 Å². The van der Waals surface area contributed by atoms with Gasteiger partial charge in [0.2, 0.25) is 0 Å². The first-order valence-corrected chi connectivity index (χ1v) is 6.04. The zero-order chi connectivity index (χ0) is 13.0. The first kappa shape index (κ1) is 12.7. The second-order valence-corrected chi connectivity index (χ2v) is 4.36. The minimum absolute atomic E-state index is 0.00919. The van der Waals surface area contributed by atoms with Gasteiger partial charge in [-0.1, -0.05) is 0 Å². The molecule has 1 aromatic carbocycles. The van der Waals surface area contributed by atoms with E-state index in [0.717, 1.165) is 25.9 Å². The van der Waals surface area contributed by atoms with E-state index >= 15 is 0 Å². The molecule has 1 saturated heterocycles. The van der Waals surface area contributed by atoms with Crippen molar-refractivity contribution in [1.82, 2.24) is 0 Å². The zero-order valence-electron chi connectivity index (χ0n) is 10.1. The minimum Gasteiger partial charge on any atom is -0.506 e. The number of aromatic hydroxyl groups is 1. The van der Waals surface area contributed by atoms with Crippen LogP contribution in [0, 0.1) is 0 Å². The molecule has 0 saturated carbocycles. The number of anilines is 1. The van der Waals surface area contributed by atoms with Crippen molar-refractivity contribution in [1.29, 1.82) is 0 Å². The summed E-state index contributed by atoms with van der Waals surface area (Å²) in [5.74, 6) is -0.585. The number of nitrogens with two attached hydrogens (primary N) is 1. The van der Waals surface area contributed by atoms with E-state index in [1.54, 1.807) is 0 Å². The third-order valence-corrected chi connectivity index (χ3v) is 2.94. The topological polar surface area (TPSA) is 81.8 Å². The largest absolute Gasteiger partial charge is 0.506 e. The maximum absolute atomic E-state index is 11.7. The van der Waals surface area contributed by atoms with Gasteiger partial charge >= 0.3 is 5.97 Å². The highest BCUT2D eigenvalue weighted by Crippen LogP contribution is 2.21. The normalized spacial score (nSPS) is 19.4. The smallest absolute Gasteiger partial charge is 0.338 e. The minimum atomic E-state index is -0.473. The molecular weight excluding hydrogens is 234 g/mol. The molecule has 1 aromatic rings. The van der Waals surface area contributed by atoms with Crippen LogP contribution in [0.25, 0.3) is 0 Å². The van der Waals surface area contributed by atoms with E-state index in [0.29, 0.717) is 0 Å². The SMILES string of the molecule is Nc1ccc(C(=O)OCC2CCCCO2)cc1O. The van der Waals surface area contributed by atoms with Gasteiger partial charge in [-0.2, -0.15) is 0 Å². The Balaban J connectivity index is 1.88. The van der Waals surface area contributed by atoms with Crippen LogP contribution in [-0.2, 0) is 9.47 Å². The fourth-order valence-corrected chi connectivity index (χ4v) is 1.86. The molecule has 2 rings (SSSR count). The number of hydrogen-bond acceptors (Lipinski definition) is 5. The summed E-state index contributed by atoms with van der Waals surface area (Å²) >= 11 is 0. The molecule has 0 bridgehead atoms. The van der Waals surface area contributed by atoms with Gasteiger partial charge in [0, 0.05) is 6.61 Å². The highest BCUT2D eigenvalue weighted by atomic mass is 16.6. The van der Waals surface area contributed by atoms with Crippen LogP contribution in [0.1, 0.15) is 29.6 Å². The molecule has 1 aliphatic heterocycles. The summed E-state index contributed by atoms with van der Waals surface area (Å²) in [6, 6.07) is 4.31. The Hall–Kier alpha value is -1.75. The Morgan fingerprint density at radius 2 is 2.33 bits per heavy atom. The van der Waals surface area contributed by atoms with Crippen LogP contribution < -0.4 is 5.73 Å². The fraction of sp³-hybridized carbons (Fsp3) is 0.462. The summed E-state index contributed by atoms with van der Waals surface area (Å²) in [6.07, 6.45) is 3.08. The molecule has 98 valence electrons. The Labute approximate surface area is 106 Å². The van der Waals surface area contributed by atoms with E-state index in [1.165, 1.54) is 18.2 Å². The van der Waals surface area contributed by atoms with Gasteiger partial charge in [0.1, 0.15) is 12.4 Å². The molecule has 5 nitrogen and oxygen atoms in total. The number of benzene rings is 1. The third kappa shape index (κ3) is 3.13. The van der Waals surface area contributed by atoms with Crippen molar-refractivity contribution in [2.75, 3.05) is 18.9 Å². The van der Waals surface area contributed by atoms with Crippen LogP contribution in [0.4, 0.5) is 5.69 Å². The molecule has 1 unspecified atom stereocenters. The average Bonchev–Trinajstić information content (AvgIpc) is 2.40. The maximum Gasteiger partial charge on any atom is 0.338 e. The molecule has 0 aromatic heterocycles. The molecule has 0 amide bonds. The molecule has 1 atom stereocenters. The predicted molar refractivity (Wildman–Crippen MR) is 66.4 cm³/mol. The standard InChI is InChI=1S/C13H17NO4/c14-11-5-4-9(7-12(11)15)13(16)18-8-10-3-1-2-6-17-10/h4-5,7,10,15H,1-3,6,8,14H2. The van der Waals surface area contributed by atoms with Gasteiger partial charge in [-0.05, 0) is 37.5 Å². The van der Waals surface area contributed by atoms with Crippen LogP contribution in [-0.4, -0.2) is 30.4 Å². The molecular formula is C13H17NO4. The van der Waals surface area contributed by atoms with Gasteiger partial charge in [0.15, 0.2) is 0 Å². The lowest BCUT2D eigenvalue weighted by Gasteiger charge is -2.22. The molecule has 5 heteroatoms. The summed E-state index contributed by atoms with van der Waals surface area (Å²) in [7, 11) is 0. The number of esters is 1. The highest BCUT2D eigenvalue weighted by molar-refractivity contribution is 5.90. The summed E-state index contributed by atoms with van der Waals surface area (Å²) in [4.78, 5) is 11.7. The molecule has 3 N–H and O–H groups in total. The van der Waals surface area contributed by atoms with E-state index in [1.807, 2.05) is 0 Å². The zero-order valence-corrected chi connectivity index (χ0v) is 10.1. The Kier molecular flexibility index (Phi) is 4.04. The van der Waals surface area contributed by atoms with Crippen molar-refractivity contribution in [2.45, 2.75) is 25.4 Å². The number of hydrogen-bond donors (Lipinski definition) is 2. The summed E-state index contributed by atoms with van der Waals surface area (Å²) in [5, 5.41) is 9.41. The Bertz CT molecular complexity index is 427. The van der Waals surface area contributed by atoms with Gasteiger partial charge in [-0.3, -0.25) is 0 Å². The van der Waals surface area contributed by atoms with Gasteiger partial charge in [0.05, 0.1) is 17.4 Å². The van der Waals surface area contributed by atoms with Crippen molar-refractivity contribution in [3.63, 3.8) is 0 Å². The van der Waals surface area contributed by atoms with Crippen LogP contribution in [0.3, 0.4) is 0 Å². The van der Waals surface area contributed by atoms with E-state index in [-0.39, 0.29) is 29.7 Å². The summed E-state index contributed by atoms with van der Waals surface area (Å²) in [6.45, 7) is 0.981. The molecule has 1 fully saturated rings. The number of carbonyl (C=O) groups is 1. The second kappa shape index (κ2) is 5.73. The molecule has 0 aliphatic carbocycles. The lowest BCUT2D eigenvalue weighted by molar-refractivity contribution is -0.0300. The monoisotopic (exact) mass is 251 g/mol. The van der Waals surface area contributed by atoms with Gasteiger partial charge < -0.3 is 20.3 Å². The van der Waals surface area contributed by atoms with Crippen molar-refractivity contribution in [3.05, 3.63) is 23.8 Å². The lowest BCUT2D eigenvalue weighted by Crippen LogP contribution is -2.25. The summed E-state index contributed by atoms with van der Waals surface area (Å²) < 4.78 is 10.6.